The van der Waals surface area contributed by atoms with Gasteiger partial charge in [-0.25, -0.2) is 4.99 Å². The summed E-state index contributed by atoms with van der Waals surface area (Å²) in [7, 11) is 0. The molecule has 1 aliphatic rings. The minimum atomic E-state index is -0.751. The van der Waals surface area contributed by atoms with Crippen LogP contribution in [-0.2, 0) is 10.5 Å². The number of carbonyl (C=O) groups excluding carboxylic acids is 1. The predicted octanol–water partition coefficient (Wildman–Crippen LogP) is 4.95. The van der Waals surface area contributed by atoms with Crippen molar-refractivity contribution in [2.75, 3.05) is 0 Å². The fraction of sp³-hybridized carbons (Fsp3) is 0.167. The average Bonchev–Trinajstić information content (AvgIpc) is 3.01. The molecule has 1 aliphatic heterocycles. The zero-order valence-corrected chi connectivity index (χ0v) is 15.5. The molecule has 0 fully saturated rings. The topological polar surface area (TPSA) is 32.7 Å². The van der Waals surface area contributed by atoms with Gasteiger partial charge in [0.05, 0.1) is 6.04 Å². The summed E-state index contributed by atoms with van der Waals surface area (Å²) in [5.74, 6) is -0.0380. The molecule has 1 amide bonds. The molecule has 0 saturated carbocycles. The molecule has 1 heterocycles. The van der Waals surface area contributed by atoms with E-state index in [4.69, 9.17) is 4.99 Å². The van der Waals surface area contributed by atoms with Gasteiger partial charge in [0.1, 0.15) is 5.71 Å². The van der Waals surface area contributed by atoms with Crippen LogP contribution in [0.1, 0.15) is 36.6 Å². The number of nitrogens with zero attached hydrogens (tertiary/aromatic N) is 2. The van der Waals surface area contributed by atoms with Gasteiger partial charge < -0.3 is 4.90 Å². The molecule has 27 heavy (non-hydrogen) atoms. The summed E-state index contributed by atoms with van der Waals surface area (Å²) < 4.78 is 0. The third kappa shape index (κ3) is 2.95. The molecule has 2 atom stereocenters. The predicted molar refractivity (Wildman–Crippen MR) is 108 cm³/mol. The zero-order valence-electron chi connectivity index (χ0n) is 15.5. The summed E-state index contributed by atoms with van der Waals surface area (Å²) in [5.41, 5.74) is 2.72. The van der Waals surface area contributed by atoms with Crippen LogP contribution in [0.2, 0.25) is 0 Å². The lowest BCUT2D eigenvalue weighted by atomic mass is 9.97. The Balaban J connectivity index is 1.85. The summed E-state index contributed by atoms with van der Waals surface area (Å²) in [6.07, 6.45) is 0. The van der Waals surface area contributed by atoms with E-state index < -0.39 is 5.66 Å². The molecule has 0 aliphatic carbocycles. The maximum atomic E-state index is 13.5. The second-order valence-corrected chi connectivity index (χ2v) is 6.98. The maximum absolute atomic E-state index is 13.5. The Morgan fingerprint density at radius 1 is 0.815 bits per heavy atom. The number of hydrogen-bond acceptors (Lipinski definition) is 2. The van der Waals surface area contributed by atoms with Crippen LogP contribution in [0.25, 0.3) is 0 Å². The van der Waals surface area contributed by atoms with Crippen molar-refractivity contribution < 1.29 is 4.79 Å². The van der Waals surface area contributed by atoms with Crippen molar-refractivity contribution in [2.45, 2.75) is 25.6 Å². The van der Waals surface area contributed by atoms with Crippen molar-refractivity contribution in [1.82, 2.24) is 4.90 Å². The first kappa shape index (κ1) is 17.2. The Kier molecular flexibility index (Phi) is 4.36. The molecular weight excluding hydrogens is 332 g/mol. The van der Waals surface area contributed by atoms with Gasteiger partial charge in [-0.1, -0.05) is 91.0 Å². The van der Waals surface area contributed by atoms with Crippen LogP contribution in [0.4, 0.5) is 0 Å². The quantitative estimate of drug-likeness (QED) is 0.652. The molecule has 3 nitrogen and oxygen atoms in total. The van der Waals surface area contributed by atoms with Crippen LogP contribution in [0.3, 0.4) is 0 Å². The summed E-state index contributed by atoms with van der Waals surface area (Å²) in [6.45, 7) is 4.09. The number of benzene rings is 3. The Hall–Kier alpha value is -3.20. The number of amides is 1. The summed E-state index contributed by atoms with van der Waals surface area (Å²) in [6, 6.07) is 29.8. The van der Waals surface area contributed by atoms with Gasteiger partial charge in [0.15, 0.2) is 5.66 Å². The van der Waals surface area contributed by atoms with Crippen LogP contribution in [0.5, 0.6) is 0 Å². The molecule has 0 aromatic heterocycles. The van der Waals surface area contributed by atoms with Gasteiger partial charge in [-0.15, -0.1) is 0 Å². The Bertz CT molecular complexity index is 967. The molecular formula is C24H22N2O. The number of rotatable bonds is 4. The molecule has 0 bridgehead atoms. The summed E-state index contributed by atoms with van der Waals surface area (Å²) >= 11 is 0. The van der Waals surface area contributed by atoms with Crippen molar-refractivity contribution in [3.8, 4) is 0 Å². The highest BCUT2D eigenvalue weighted by atomic mass is 16.2. The lowest BCUT2D eigenvalue weighted by molar-refractivity contribution is -0.130. The SMILES string of the molecule is CC(c1ccccc1)N1C(=O)C(c2ccccc2)=NC1(C)c1ccccc1. The number of hydrogen-bond donors (Lipinski definition) is 0. The molecule has 0 radical (unpaired) electrons. The number of carbonyl (C=O) groups is 1. The van der Waals surface area contributed by atoms with Crippen LogP contribution >= 0.6 is 0 Å². The van der Waals surface area contributed by atoms with E-state index in [-0.39, 0.29) is 11.9 Å². The minimum absolute atomic E-state index is 0.0380. The lowest BCUT2D eigenvalue weighted by Gasteiger charge is -2.38. The third-order valence-corrected chi connectivity index (χ3v) is 5.26. The molecule has 4 rings (SSSR count). The minimum Gasteiger partial charge on any atom is -0.302 e. The van der Waals surface area contributed by atoms with Gasteiger partial charge in [-0.3, -0.25) is 4.79 Å². The first-order valence-electron chi connectivity index (χ1n) is 9.20. The Morgan fingerprint density at radius 3 is 1.93 bits per heavy atom. The molecule has 3 heteroatoms. The normalized spacial score (nSPS) is 20.4. The molecule has 3 aromatic rings. The smallest absolute Gasteiger partial charge is 0.275 e. The van der Waals surface area contributed by atoms with Crippen molar-refractivity contribution in [2.24, 2.45) is 4.99 Å². The molecule has 2 unspecified atom stereocenters. The fourth-order valence-corrected chi connectivity index (χ4v) is 3.81. The molecule has 0 spiro atoms. The summed E-state index contributed by atoms with van der Waals surface area (Å²) in [4.78, 5) is 20.4. The standard InChI is InChI=1S/C24H22N2O/c1-18(19-12-6-3-7-13-19)26-23(27)22(20-14-8-4-9-15-20)25-24(26,2)21-16-10-5-11-17-21/h3-18H,1-2H3. The van der Waals surface area contributed by atoms with Gasteiger partial charge in [-0.05, 0) is 25.0 Å². The van der Waals surface area contributed by atoms with E-state index in [0.29, 0.717) is 5.71 Å². The van der Waals surface area contributed by atoms with Crippen LogP contribution in [0.15, 0.2) is 96.0 Å². The van der Waals surface area contributed by atoms with E-state index in [2.05, 4.69) is 19.1 Å². The van der Waals surface area contributed by atoms with Gasteiger partial charge in [0.2, 0.25) is 0 Å². The molecule has 0 N–H and O–H groups in total. The monoisotopic (exact) mass is 354 g/mol. The Labute approximate surface area is 160 Å². The first-order chi connectivity index (χ1) is 13.1. The molecule has 134 valence electrons. The van der Waals surface area contributed by atoms with E-state index in [1.165, 1.54) is 0 Å². The first-order valence-corrected chi connectivity index (χ1v) is 9.20. The van der Waals surface area contributed by atoms with Gasteiger partial charge in [-0.2, -0.15) is 0 Å². The van der Waals surface area contributed by atoms with E-state index in [0.717, 1.165) is 16.7 Å². The van der Waals surface area contributed by atoms with Crippen LogP contribution in [0, 0.1) is 0 Å². The zero-order chi connectivity index (χ0) is 18.9. The largest absolute Gasteiger partial charge is 0.302 e. The van der Waals surface area contributed by atoms with Crippen molar-refractivity contribution >= 4 is 11.6 Å². The van der Waals surface area contributed by atoms with Crippen molar-refractivity contribution in [1.29, 1.82) is 0 Å². The highest BCUT2D eigenvalue weighted by molar-refractivity contribution is 6.46. The summed E-state index contributed by atoms with van der Waals surface area (Å²) in [5, 5.41) is 0. The second kappa shape index (κ2) is 6.84. The van der Waals surface area contributed by atoms with E-state index >= 15 is 0 Å². The van der Waals surface area contributed by atoms with Gasteiger partial charge in [0.25, 0.3) is 5.91 Å². The highest BCUT2D eigenvalue weighted by Crippen LogP contribution is 2.41. The van der Waals surface area contributed by atoms with Crippen molar-refractivity contribution in [3.63, 3.8) is 0 Å². The van der Waals surface area contributed by atoms with Crippen LogP contribution < -0.4 is 0 Å². The van der Waals surface area contributed by atoms with Gasteiger partial charge >= 0.3 is 0 Å². The van der Waals surface area contributed by atoms with Crippen molar-refractivity contribution in [3.05, 3.63) is 108 Å². The van der Waals surface area contributed by atoms with E-state index in [1.54, 1.807) is 0 Å². The lowest BCUT2D eigenvalue weighted by Crippen LogP contribution is -2.44. The maximum Gasteiger partial charge on any atom is 0.275 e. The van der Waals surface area contributed by atoms with Crippen LogP contribution in [-0.4, -0.2) is 16.5 Å². The third-order valence-electron chi connectivity index (χ3n) is 5.26. The fourth-order valence-electron chi connectivity index (χ4n) is 3.81. The Morgan fingerprint density at radius 2 is 1.33 bits per heavy atom. The van der Waals surface area contributed by atoms with Gasteiger partial charge in [0, 0.05) is 5.56 Å². The highest BCUT2D eigenvalue weighted by Gasteiger charge is 2.47. The average molecular weight is 354 g/mol. The van der Waals surface area contributed by atoms with E-state index in [9.17, 15) is 4.79 Å². The van der Waals surface area contributed by atoms with E-state index in [1.807, 2.05) is 90.7 Å². The number of aliphatic imine (C=N–C) groups is 1. The molecule has 3 aromatic carbocycles. The molecule has 0 saturated heterocycles. The second-order valence-electron chi connectivity index (χ2n) is 6.98.